The summed E-state index contributed by atoms with van der Waals surface area (Å²) in [5.41, 5.74) is -7.49. The highest BCUT2D eigenvalue weighted by Crippen LogP contribution is 2.20. The van der Waals surface area contributed by atoms with E-state index in [9.17, 15) is 118 Å². The van der Waals surface area contributed by atoms with E-state index in [4.69, 9.17) is 9.47 Å². The van der Waals surface area contributed by atoms with Gasteiger partial charge in [0, 0.05) is 0 Å². The van der Waals surface area contributed by atoms with Gasteiger partial charge in [-0.1, -0.05) is 0 Å². The van der Waals surface area contributed by atoms with Crippen LogP contribution in [0.15, 0.2) is 60.7 Å². The lowest BCUT2D eigenvalue weighted by molar-refractivity contribution is -0.145. The monoisotopic (exact) mass is 1450 g/mol. The van der Waals surface area contributed by atoms with Gasteiger partial charge in [-0.3, -0.25) is 19.2 Å². The lowest BCUT2D eigenvalue weighted by Crippen LogP contribution is -2.59. The molecule has 0 aromatic carbocycles. The first-order chi connectivity index (χ1) is 48.8. The van der Waals surface area contributed by atoms with Gasteiger partial charge < -0.3 is 87.1 Å². The fourth-order valence-corrected chi connectivity index (χ4v) is 10.3. The molecule has 0 unspecified atom stereocenters. The molecule has 5 aromatic heterocycles. The molecule has 0 saturated carbocycles. The van der Waals surface area contributed by atoms with Gasteiger partial charge in [-0.15, -0.1) is 0 Å². The smallest absolute Gasteiger partial charge is 0.408 e. The molecule has 0 radical (unpaired) electrons. The van der Waals surface area contributed by atoms with Crippen LogP contribution in [-0.4, -0.2) is 214 Å². The fraction of sp³-hybridized carbons (Fsp3) is 0.379. The molecule has 5 rings (SSSR count). The Morgan fingerprint density at radius 3 is 0.654 bits per heavy atom. The number of carboxylic acid groups (broad SMARTS) is 10. The number of esters is 1. The first-order valence-corrected chi connectivity index (χ1v) is 31.5. The topological polar surface area (TPSA) is 618 Å². The molecule has 0 aliphatic rings. The first-order valence-electron chi connectivity index (χ1n) is 31.5. The van der Waals surface area contributed by atoms with Gasteiger partial charge in [0.15, 0.2) is 0 Å². The van der Waals surface area contributed by atoms with Crippen LogP contribution in [-0.2, 0) is 65.6 Å². The number of nitrogens with zero attached hydrogens (tertiary/aromatic N) is 5. The van der Waals surface area contributed by atoms with Crippen molar-refractivity contribution >= 4 is 95.4 Å². The molecule has 0 bridgehead atoms. The number of carboxylic acids is 10. The fourth-order valence-electron chi connectivity index (χ4n) is 10.3. The number of aromatic nitrogens is 5. The number of hydrogen-bond acceptors (Lipinski definition) is 23. The number of nitrogens with one attached hydrogen (secondary N) is 5. The molecule has 5 atom stereocenters. The van der Waals surface area contributed by atoms with Crippen LogP contribution in [0.5, 0.6) is 0 Å². The van der Waals surface area contributed by atoms with E-state index in [1.54, 1.807) is 0 Å². The number of hydrogen-bond donors (Lipinski definition) is 15. The maximum Gasteiger partial charge on any atom is 0.408 e. The summed E-state index contributed by atoms with van der Waals surface area (Å²) < 4.78 is 10.4. The number of aromatic carboxylic acids is 10. The van der Waals surface area contributed by atoms with Crippen LogP contribution < -0.4 is 26.6 Å². The molecule has 5 aromatic rings. The minimum Gasteiger partial charge on any atom is -0.477 e. The van der Waals surface area contributed by atoms with Gasteiger partial charge in [0.2, 0.25) is 23.6 Å². The van der Waals surface area contributed by atoms with Crippen molar-refractivity contribution in [3.63, 3.8) is 0 Å². The molecule has 0 aliphatic heterocycles. The van der Waals surface area contributed by atoms with Gasteiger partial charge in [-0.05, 0) is 206 Å². The zero-order valence-electron chi connectivity index (χ0n) is 55.8. The van der Waals surface area contributed by atoms with Crippen molar-refractivity contribution in [1.82, 2.24) is 51.5 Å². The van der Waals surface area contributed by atoms with E-state index in [-0.39, 0.29) is 105 Å². The molecular formula is C66H72N10O28. The van der Waals surface area contributed by atoms with Crippen LogP contribution in [0.3, 0.4) is 0 Å². The van der Waals surface area contributed by atoms with Crippen LogP contribution in [0.1, 0.15) is 218 Å². The molecule has 15 N–H and O–H groups in total. The number of alkyl carbamates (subject to hydrolysis) is 1. The van der Waals surface area contributed by atoms with Gasteiger partial charge in [-0.2, -0.15) is 0 Å². The number of ether oxygens (including phenoxy) is 2. The van der Waals surface area contributed by atoms with Gasteiger partial charge in [0.25, 0.3) is 0 Å². The molecule has 104 heavy (non-hydrogen) atoms. The molecule has 5 heterocycles. The van der Waals surface area contributed by atoms with Crippen molar-refractivity contribution in [2.24, 2.45) is 0 Å². The second-order valence-corrected chi connectivity index (χ2v) is 24.2. The summed E-state index contributed by atoms with van der Waals surface area (Å²) in [6.45, 7) is 4.46. The van der Waals surface area contributed by atoms with Crippen LogP contribution in [0.4, 0.5) is 4.79 Å². The molecule has 38 nitrogen and oxygen atoms in total. The Morgan fingerprint density at radius 1 is 0.308 bits per heavy atom. The zero-order chi connectivity index (χ0) is 77.4. The Hall–Kier alpha value is -12.9. The average Bonchev–Trinajstić information content (AvgIpc) is 0.866. The van der Waals surface area contributed by atoms with E-state index >= 15 is 9.59 Å². The van der Waals surface area contributed by atoms with E-state index in [2.05, 4.69) is 51.5 Å². The molecule has 38 heteroatoms. The van der Waals surface area contributed by atoms with Crippen molar-refractivity contribution < 1.29 is 137 Å². The van der Waals surface area contributed by atoms with Gasteiger partial charge in [0.05, 0.1) is 7.11 Å². The van der Waals surface area contributed by atoms with Gasteiger partial charge in [-0.25, -0.2) is 82.5 Å². The number of carbonyl (C=O) groups excluding carboxylic acids is 6. The van der Waals surface area contributed by atoms with Crippen molar-refractivity contribution in [1.29, 1.82) is 0 Å². The number of methoxy groups -OCH3 is 1. The van der Waals surface area contributed by atoms with Gasteiger partial charge >= 0.3 is 71.8 Å². The summed E-state index contributed by atoms with van der Waals surface area (Å²) >= 11 is 0. The highest BCUT2D eigenvalue weighted by molar-refractivity contribution is 5.97. The predicted molar refractivity (Wildman–Crippen MR) is 348 cm³/mol. The molecule has 5 amide bonds. The Kier molecular flexibility index (Phi) is 29.5. The van der Waals surface area contributed by atoms with E-state index in [1.807, 2.05) is 0 Å². The normalized spacial score (nSPS) is 12.5. The number of carbonyl (C=O) groups is 16. The maximum atomic E-state index is 15.2. The Bertz CT molecular complexity index is 4030. The second-order valence-electron chi connectivity index (χ2n) is 24.2. The second kappa shape index (κ2) is 37.5. The predicted octanol–water partition coefficient (Wildman–Crippen LogP) is 3.06. The van der Waals surface area contributed by atoms with Crippen molar-refractivity contribution in [2.45, 2.75) is 153 Å². The maximum absolute atomic E-state index is 15.2. The van der Waals surface area contributed by atoms with Crippen molar-refractivity contribution in [2.75, 3.05) is 7.11 Å². The van der Waals surface area contributed by atoms with Crippen molar-refractivity contribution in [3.8, 4) is 0 Å². The molecule has 554 valence electrons. The van der Waals surface area contributed by atoms with E-state index in [1.165, 1.54) is 20.8 Å². The average molecular weight is 1450 g/mol. The molecule has 0 aliphatic carbocycles. The first kappa shape index (κ1) is 81.7. The number of aryl methyl sites for hydroxylation is 5. The van der Waals surface area contributed by atoms with E-state index in [0.717, 1.165) is 67.8 Å². The van der Waals surface area contributed by atoms with Crippen LogP contribution in [0, 0.1) is 0 Å². The molecule has 0 spiro atoms. The molecule has 0 fully saturated rings. The Morgan fingerprint density at radius 2 is 0.481 bits per heavy atom. The SMILES string of the molecule is COC(=O)[C@H](CCCc1cc(C(=O)O)nc(C(=O)O)c1)NC(=O)[C@H](CCCc1cc(C(=O)O)nc(C(=O)O)c1)NC(=O)[C@H](CCCc1cc(C(=O)O)nc(C(=O)O)c1)NC(=O)[C@H](CCCc1cc(C(=O)O)nc(C(=O)O)c1)NC(=O)[C@H](CCCc1cc(C(=O)O)nc(C(=O)O)c1)NC(=O)OC(C)(C)C. The van der Waals surface area contributed by atoms with E-state index < -0.39 is 207 Å². The summed E-state index contributed by atoms with van der Waals surface area (Å²) in [7, 11) is 0.956. The number of pyridine rings is 5. The summed E-state index contributed by atoms with van der Waals surface area (Å²) in [6, 6.07) is 1.69. The third-order valence-electron chi connectivity index (χ3n) is 15.1. The Balaban J connectivity index is 1.61. The Labute approximate surface area is 587 Å². The summed E-state index contributed by atoms with van der Waals surface area (Å²) in [4.78, 5) is 224. The minimum atomic E-state index is -1.88. The standard InChI is InChI=1S/C66H72N10O28/c1-66(2,3)104-65(102)76-38(18-8-13-33-26-46(60(93)94)70-47(27-33)61(95)96)53(80)74-36(16-6-11-31-22-42(56(85)86)68-43(23-31)57(87)88)51(78)72-35(15-5-10-30-20-40(54(81)82)67-41(21-30)55(83)84)50(77)73-37(17-7-12-32-24-44(58(89)90)69-45(25-32)59(91)92)52(79)75-39(64(101)103-4)19-9-14-34-28-48(62(97)98)71-49(29-34)63(99)100/h20-29,35-39H,5-19H2,1-4H3,(H,72,78)(H,73,77)(H,74,80)(H,75,79)(H,76,102)(H,81,82)(H,83,84)(H,85,86)(H,87,88)(H,89,90)(H,91,92)(H,93,94)(H,95,96)(H,97,98)(H,99,100)/t35-,36-,37-,38-,39-/m0/s1. The summed E-state index contributed by atoms with van der Waals surface area (Å²) in [5, 5.41) is 109. The summed E-state index contributed by atoms with van der Waals surface area (Å²) in [5.74, 6) is -21.8. The third-order valence-corrected chi connectivity index (χ3v) is 15.1. The minimum absolute atomic E-state index is 0.0312. The van der Waals surface area contributed by atoms with Crippen molar-refractivity contribution in [3.05, 3.63) is 145 Å². The largest absolute Gasteiger partial charge is 0.477 e. The summed E-state index contributed by atoms with van der Waals surface area (Å²) in [6.07, 6.45) is -5.24. The third kappa shape index (κ3) is 25.7. The number of rotatable bonds is 40. The zero-order valence-corrected chi connectivity index (χ0v) is 55.8. The molecular weight excluding hydrogens is 1380 g/mol. The van der Waals surface area contributed by atoms with Crippen LogP contribution in [0.25, 0.3) is 0 Å². The van der Waals surface area contributed by atoms with Crippen LogP contribution >= 0.6 is 0 Å². The highest BCUT2D eigenvalue weighted by Gasteiger charge is 2.34. The molecule has 0 saturated heterocycles. The lowest BCUT2D eigenvalue weighted by Gasteiger charge is -2.28. The van der Waals surface area contributed by atoms with Gasteiger partial charge in [0.1, 0.15) is 92.7 Å². The highest BCUT2D eigenvalue weighted by atomic mass is 16.6. The van der Waals surface area contributed by atoms with E-state index in [0.29, 0.717) is 0 Å². The van der Waals surface area contributed by atoms with Crippen LogP contribution in [0.2, 0.25) is 0 Å². The quantitative estimate of drug-likeness (QED) is 0.0251. The lowest BCUT2D eigenvalue weighted by atomic mass is 9.99. The number of amides is 5.